The van der Waals surface area contributed by atoms with E-state index in [4.69, 9.17) is 0 Å². The highest BCUT2D eigenvalue weighted by molar-refractivity contribution is 5.43. The Balaban J connectivity index is 1.58. The van der Waals surface area contributed by atoms with Crippen molar-refractivity contribution in [1.82, 2.24) is 24.8 Å². The first kappa shape index (κ1) is 14.6. The number of hydrogen-bond acceptors (Lipinski definition) is 7. The summed E-state index contributed by atoms with van der Waals surface area (Å²) in [5, 5.41) is 0. The largest absolute Gasteiger partial charge is 0.354 e. The smallest absolute Gasteiger partial charge is 0.226 e. The van der Waals surface area contributed by atoms with Gasteiger partial charge in [0.2, 0.25) is 5.95 Å². The molecule has 1 saturated heterocycles. The van der Waals surface area contributed by atoms with Gasteiger partial charge in [-0.25, -0.2) is 4.98 Å². The molecule has 116 valence electrons. The van der Waals surface area contributed by atoms with Gasteiger partial charge in [-0.3, -0.25) is 14.9 Å². The first-order valence-corrected chi connectivity index (χ1v) is 7.45. The molecule has 0 amide bonds. The van der Waals surface area contributed by atoms with E-state index in [9.17, 15) is 0 Å². The molecule has 1 aliphatic heterocycles. The fraction of sp³-hybridized carbons (Fsp3) is 0.467. The zero-order chi connectivity index (χ0) is 15.4. The molecule has 3 rings (SSSR count). The maximum absolute atomic E-state index is 4.60. The summed E-state index contributed by atoms with van der Waals surface area (Å²) < 4.78 is 0. The molecule has 2 aromatic heterocycles. The Hall–Kier alpha value is -2.28. The second-order valence-corrected chi connectivity index (χ2v) is 5.57. The molecule has 0 spiro atoms. The molecule has 0 saturated carbocycles. The van der Waals surface area contributed by atoms with Crippen molar-refractivity contribution in [3.63, 3.8) is 0 Å². The lowest BCUT2D eigenvalue weighted by molar-refractivity contribution is 0.246. The number of nitrogens with zero attached hydrogens (tertiary/aromatic N) is 7. The summed E-state index contributed by atoms with van der Waals surface area (Å²) in [5.41, 5.74) is 1.02. The van der Waals surface area contributed by atoms with E-state index >= 15 is 0 Å². The predicted molar refractivity (Wildman–Crippen MR) is 85.9 cm³/mol. The van der Waals surface area contributed by atoms with Crippen molar-refractivity contribution < 1.29 is 0 Å². The SMILES string of the molecule is CN(C)c1nccc(N2CCN(Cc3cnccn3)CC2)n1. The quantitative estimate of drug-likeness (QED) is 0.821. The molecule has 0 N–H and O–H groups in total. The average molecular weight is 299 g/mol. The van der Waals surface area contributed by atoms with Crippen molar-refractivity contribution in [2.45, 2.75) is 6.54 Å². The van der Waals surface area contributed by atoms with Crippen LogP contribution in [0.15, 0.2) is 30.9 Å². The summed E-state index contributed by atoms with van der Waals surface area (Å²) in [6, 6.07) is 1.98. The topological polar surface area (TPSA) is 61.3 Å². The second-order valence-electron chi connectivity index (χ2n) is 5.57. The van der Waals surface area contributed by atoms with Crippen LogP contribution in [0.25, 0.3) is 0 Å². The van der Waals surface area contributed by atoms with Gasteiger partial charge in [0.05, 0.1) is 5.69 Å². The Morgan fingerprint density at radius 2 is 1.86 bits per heavy atom. The molecule has 0 radical (unpaired) electrons. The van der Waals surface area contributed by atoms with E-state index in [0.29, 0.717) is 0 Å². The van der Waals surface area contributed by atoms with Gasteiger partial charge in [-0.2, -0.15) is 4.98 Å². The Labute approximate surface area is 130 Å². The molecule has 7 nitrogen and oxygen atoms in total. The molecule has 2 aromatic rings. The zero-order valence-electron chi connectivity index (χ0n) is 13.1. The van der Waals surface area contributed by atoms with Crippen molar-refractivity contribution in [2.75, 3.05) is 50.1 Å². The van der Waals surface area contributed by atoms with Crippen LogP contribution in [0.4, 0.5) is 11.8 Å². The Kier molecular flexibility index (Phi) is 4.43. The molecule has 1 aliphatic rings. The van der Waals surface area contributed by atoms with Crippen molar-refractivity contribution in [3.05, 3.63) is 36.5 Å². The maximum Gasteiger partial charge on any atom is 0.226 e. The third-order valence-corrected chi connectivity index (χ3v) is 3.73. The van der Waals surface area contributed by atoms with Gasteiger partial charge in [-0.1, -0.05) is 0 Å². The second kappa shape index (κ2) is 6.65. The number of hydrogen-bond donors (Lipinski definition) is 0. The van der Waals surface area contributed by atoms with Gasteiger partial charge in [-0.15, -0.1) is 0 Å². The summed E-state index contributed by atoms with van der Waals surface area (Å²) in [4.78, 5) is 24.0. The first-order valence-electron chi connectivity index (χ1n) is 7.45. The zero-order valence-corrected chi connectivity index (χ0v) is 13.1. The molecule has 0 atom stereocenters. The average Bonchev–Trinajstić information content (AvgIpc) is 2.56. The lowest BCUT2D eigenvalue weighted by Gasteiger charge is -2.35. The lowest BCUT2D eigenvalue weighted by atomic mass is 10.3. The van der Waals surface area contributed by atoms with Gasteiger partial charge in [0, 0.05) is 71.6 Å². The number of aromatic nitrogens is 4. The third kappa shape index (κ3) is 3.48. The van der Waals surface area contributed by atoms with Crippen LogP contribution in [0.5, 0.6) is 0 Å². The van der Waals surface area contributed by atoms with Gasteiger partial charge in [0.1, 0.15) is 5.82 Å². The minimum atomic E-state index is 0.750. The molecule has 22 heavy (non-hydrogen) atoms. The Morgan fingerprint density at radius 1 is 1.05 bits per heavy atom. The van der Waals surface area contributed by atoms with Crippen LogP contribution in [0, 0.1) is 0 Å². The Morgan fingerprint density at radius 3 is 2.55 bits per heavy atom. The minimum Gasteiger partial charge on any atom is -0.354 e. The first-order chi connectivity index (χ1) is 10.7. The van der Waals surface area contributed by atoms with Crippen LogP contribution in [-0.2, 0) is 6.54 Å². The molecule has 0 bridgehead atoms. The lowest BCUT2D eigenvalue weighted by Crippen LogP contribution is -2.46. The summed E-state index contributed by atoms with van der Waals surface area (Å²) in [5.74, 6) is 1.75. The Bertz CT molecular complexity index is 594. The molecule has 3 heterocycles. The minimum absolute atomic E-state index is 0.750. The summed E-state index contributed by atoms with van der Waals surface area (Å²) >= 11 is 0. The molecule has 1 fully saturated rings. The number of piperazine rings is 1. The van der Waals surface area contributed by atoms with E-state index in [1.807, 2.05) is 37.5 Å². The third-order valence-electron chi connectivity index (χ3n) is 3.73. The van der Waals surface area contributed by atoms with E-state index in [-0.39, 0.29) is 0 Å². The highest BCUT2D eigenvalue weighted by atomic mass is 15.3. The van der Waals surface area contributed by atoms with E-state index < -0.39 is 0 Å². The van der Waals surface area contributed by atoms with Gasteiger partial charge >= 0.3 is 0 Å². The molecule has 0 aliphatic carbocycles. The summed E-state index contributed by atoms with van der Waals surface area (Å²) in [6.07, 6.45) is 7.11. The van der Waals surface area contributed by atoms with Crippen LogP contribution in [0.3, 0.4) is 0 Å². The molecule has 0 unspecified atom stereocenters. The normalized spacial score (nSPS) is 15.8. The number of anilines is 2. The summed E-state index contributed by atoms with van der Waals surface area (Å²) in [7, 11) is 3.91. The van der Waals surface area contributed by atoms with E-state index in [1.165, 1.54) is 0 Å². The fourth-order valence-electron chi connectivity index (χ4n) is 2.51. The molecule has 0 aromatic carbocycles. The fourth-order valence-corrected chi connectivity index (χ4v) is 2.51. The van der Waals surface area contributed by atoms with E-state index in [2.05, 4.69) is 29.7 Å². The number of rotatable bonds is 4. The standard InChI is InChI=1S/C15H21N7/c1-20(2)15-18-4-3-14(19-15)22-9-7-21(8-10-22)12-13-11-16-5-6-17-13/h3-6,11H,7-10,12H2,1-2H3. The maximum atomic E-state index is 4.60. The van der Waals surface area contributed by atoms with Crippen molar-refractivity contribution in [3.8, 4) is 0 Å². The highest BCUT2D eigenvalue weighted by Crippen LogP contribution is 2.16. The van der Waals surface area contributed by atoms with Crippen molar-refractivity contribution in [1.29, 1.82) is 0 Å². The monoisotopic (exact) mass is 299 g/mol. The molecular formula is C15H21N7. The molecule has 7 heteroatoms. The van der Waals surface area contributed by atoms with Crippen LogP contribution >= 0.6 is 0 Å². The van der Waals surface area contributed by atoms with Crippen molar-refractivity contribution >= 4 is 11.8 Å². The van der Waals surface area contributed by atoms with Gasteiger partial charge in [0.25, 0.3) is 0 Å². The van der Waals surface area contributed by atoms with Crippen LogP contribution in [-0.4, -0.2) is 65.1 Å². The van der Waals surface area contributed by atoms with E-state index in [1.54, 1.807) is 12.4 Å². The summed E-state index contributed by atoms with van der Waals surface area (Å²) in [6.45, 7) is 4.78. The van der Waals surface area contributed by atoms with Gasteiger partial charge in [0.15, 0.2) is 0 Å². The molecular weight excluding hydrogens is 278 g/mol. The van der Waals surface area contributed by atoms with Crippen LogP contribution < -0.4 is 9.80 Å². The van der Waals surface area contributed by atoms with Crippen LogP contribution in [0.1, 0.15) is 5.69 Å². The highest BCUT2D eigenvalue weighted by Gasteiger charge is 2.19. The van der Waals surface area contributed by atoms with Crippen molar-refractivity contribution in [2.24, 2.45) is 0 Å². The van der Waals surface area contributed by atoms with Crippen LogP contribution in [0.2, 0.25) is 0 Å². The van der Waals surface area contributed by atoms with Gasteiger partial charge in [-0.05, 0) is 6.07 Å². The predicted octanol–water partition coefficient (Wildman–Crippen LogP) is 0.655. The van der Waals surface area contributed by atoms with E-state index in [0.717, 1.165) is 50.2 Å². The van der Waals surface area contributed by atoms with Gasteiger partial charge < -0.3 is 9.80 Å².